The first-order valence-corrected chi connectivity index (χ1v) is 10.4. The van der Waals surface area contributed by atoms with Crippen LogP contribution in [0.1, 0.15) is 45.1 Å². The highest BCUT2D eigenvalue weighted by atomic mass is 32.1. The van der Waals surface area contributed by atoms with Gasteiger partial charge >= 0.3 is 0 Å². The van der Waals surface area contributed by atoms with Gasteiger partial charge in [-0.3, -0.25) is 4.79 Å². The maximum atomic E-state index is 13.0. The van der Waals surface area contributed by atoms with Gasteiger partial charge < -0.3 is 25.0 Å². The molecule has 1 aliphatic heterocycles. The Hall–Kier alpha value is -2.02. The maximum Gasteiger partial charge on any atom is 0.225 e. The van der Waals surface area contributed by atoms with Gasteiger partial charge in [-0.05, 0) is 38.6 Å². The van der Waals surface area contributed by atoms with Gasteiger partial charge in [0.1, 0.15) is 11.5 Å². The average molecular weight is 408 g/mol. The second-order valence-corrected chi connectivity index (χ2v) is 7.86. The number of methoxy groups -OCH3 is 2. The maximum absolute atomic E-state index is 13.0. The number of nitrogens with zero attached hydrogens (tertiary/aromatic N) is 1. The Bertz CT molecular complexity index is 681. The van der Waals surface area contributed by atoms with E-state index in [1.54, 1.807) is 14.2 Å². The zero-order valence-corrected chi connectivity index (χ0v) is 18.4. The number of carbonyl (C=O) groups excluding carboxylic acids is 1. The average Bonchev–Trinajstić information content (AvgIpc) is 3.12. The van der Waals surface area contributed by atoms with Crippen LogP contribution in [-0.2, 0) is 4.79 Å². The SMILES string of the molecule is CCCCNC(=O)C1CN(C(=S)NC(C)C)CC1c1ccc(OC)cc1OC. The number of ether oxygens (including phenoxy) is 2. The molecule has 1 saturated heterocycles. The van der Waals surface area contributed by atoms with Crippen molar-refractivity contribution in [2.45, 2.75) is 45.6 Å². The van der Waals surface area contributed by atoms with Crippen molar-refractivity contribution in [3.05, 3.63) is 23.8 Å². The van der Waals surface area contributed by atoms with Crippen molar-refractivity contribution in [2.24, 2.45) is 5.92 Å². The second-order valence-electron chi connectivity index (χ2n) is 7.47. The third-order valence-corrected chi connectivity index (χ3v) is 5.40. The van der Waals surface area contributed by atoms with Gasteiger partial charge in [-0.2, -0.15) is 0 Å². The number of unbranched alkanes of at least 4 members (excludes halogenated alkanes) is 1. The van der Waals surface area contributed by atoms with Gasteiger partial charge in [0.05, 0.1) is 20.1 Å². The van der Waals surface area contributed by atoms with E-state index < -0.39 is 0 Å². The molecule has 0 radical (unpaired) electrons. The lowest BCUT2D eigenvalue weighted by molar-refractivity contribution is -0.124. The summed E-state index contributed by atoms with van der Waals surface area (Å²) in [7, 11) is 3.28. The van der Waals surface area contributed by atoms with Crippen LogP contribution in [0, 0.1) is 5.92 Å². The van der Waals surface area contributed by atoms with E-state index in [-0.39, 0.29) is 23.8 Å². The molecule has 7 heteroatoms. The van der Waals surface area contributed by atoms with Crippen LogP contribution in [-0.4, -0.2) is 55.8 Å². The zero-order valence-electron chi connectivity index (χ0n) is 17.6. The second kappa shape index (κ2) is 10.5. The summed E-state index contributed by atoms with van der Waals surface area (Å²) in [6, 6.07) is 6.03. The number of amides is 1. The summed E-state index contributed by atoms with van der Waals surface area (Å²) in [4.78, 5) is 15.0. The van der Waals surface area contributed by atoms with Crippen molar-refractivity contribution in [2.75, 3.05) is 33.9 Å². The quantitative estimate of drug-likeness (QED) is 0.510. The third-order valence-electron chi connectivity index (χ3n) is 5.03. The molecule has 1 amide bonds. The molecule has 2 rings (SSSR count). The van der Waals surface area contributed by atoms with Crippen LogP contribution in [0.5, 0.6) is 11.5 Å². The van der Waals surface area contributed by atoms with E-state index >= 15 is 0 Å². The lowest BCUT2D eigenvalue weighted by Crippen LogP contribution is -2.42. The minimum Gasteiger partial charge on any atom is -0.497 e. The van der Waals surface area contributed by atoms with E-state index in [9.17, 15) is 4.79 Å². The summed E-state index contributed by atoms with van der Waals surface area (Å²) in [6.07, 6.45) is 2.03. The number of benzene rings is 1. The van der Waals surface area contributed by atoms with Crippen LogP contribution in [0.25, 0.3) is 0 Å². The van der Waals surface area contributed by atoms with Crippen LogP contribution in [0.4, 0.5) is 0 Å². The van der Waals surface area contributed by atoms with E-state index in [0.29, 0.717) is 24.7 Å². The number of thiocarbonyl (C=S) groups is 1. The molecule has 0 aromatic heterocycles. The lowest BCUT2D eigenvalue weighted by atomic mass is 9.87. The molecule has 6 nitrogen and oxygen atoms in total. The van der Waals surface area contributed by atoms with Crippen LogP contribution in [0.15, 0.2) is 18.2 Å². The van der Waals surface area contributed by atoms with Gasteiger partial charge in [0.15, 0.2) is 5.11 Å². The Balaban J connectivity index is 2.28. The number of nitrogens with one attached hydrogen (secondary N) is 2. The molecule has 0 aliphatic carbocycles. The fourth-order valence-corrected chi connectivity index (χ4v) is 3.92. The monoisotopic (exact) mass is 407 g/mol. The minimum absolute atomic E-state index is 0.00519. The van der Waals surface area contributed by atoms with Crippen LogP contribution < -0.4 is 20.1 Å². The Labute approximate surface area is 174 Å². The highest BCUT2D eigenvalue weighted by molar-refractivity contribution is 7.80. The molecule has 0 saturated carbocycles. The van der Waals surface area contributed by atoms with Crippen LogP contribution in [0.2, 0.25) is 0 Å². The molecule has 1 aromatic rings. The van der Waals surface area contributed by atoms with Crippen LogP contribution in [0.3, 0.4) is 0 Å². The Kier molecular flexibility index (Phi) is 8.35. The number of carbonyl (C=O) groups is 1. The molecule has 0 spiro atoms. The highest BCUT2D eigenvalue weighted by Crippen LogP contribution is 2.39. The lowest BCUT2D eigenvalue weighted by Gasteiger charge is -2.22. The first-order valence-electron chi connectivity index (χ1n) is 9.96. The molecular weight excluding hydrogens is 374 g/mol. The smallest absolute Gasteiger partial charge is 0.225 e. The van der Waals surface area contributed by atoms with Crippen molar-refractivity contribution in [1.29, 1.82) is 0 Å². The van der Waals surface area contributed by atoms with Gasteiger partial charge in [-0.15, -0.1) is 0 Å². The topological polar surface area (TPSA) is 62.8 Å². The van der Waals surface area contributed by atoms with Gasteiger partial charge in [-0.25, -0.2) is 0 Å². The summed E-state index contributed by atoms with van der Waals surface area (Å²) < 4.78 is 10.9. The third kappa shape index (κ3) is 5.50. The van der Waals surface area contributed by atoms with E-state index in [0.717, 1.165) is 29.9 Å². The summed E-state index contributed by atoms with van der Waals surface area (Å²) in [5, 5.41) is 7.07. The predicted octanol–water partition coefficient (Wildman–Crippen LogP) is 2.92. The highest BCUT2D eigenvalue weighted by Gasteiger charge is 2.40. The first-order chi connectivity index (χ1) is 13.4. The van der Waals surface area contributed by atoms with Crippen molar-refractivity contribution < 1.29 is 14.3 Å². The number of likely N-dealkylation sites (tertiary alicyclic amines) is 1. The Morgan fingerprint density at radius 2 is 2.04 bits per heavy atom. The molecule has 1 aliphatic rings. The fourth-order valence-electron chi connectivity index (χ4n) is 3.53. The predicted molar refractivity (Wildman–Crippen MR) is 116 cm³/mol. The van der Waals surface area contributed by atoms with E-state index in [1.807, 2.05) is 18.2 Å². The first kappa shape index (κ1) is 22.3. The van der Waals surface area contributed by atoms with Crippen molar-refractivity contribution >= 4 is 23.2 Å². The summed E-state index contributed by atoms with van der Waals surface area (Å²) in [5.74, 6) is 1.35. The molecule has 1 fully saturated rings. The van der Waals surface area contributed by atoms with E-state index in [4.69, 9.17) is 21.7 Å². The summed E-state index contributed by atoms with van der Waals surface area (Å²) in [6.45, 7) is 8.20. The summed E-state index contributed by atoms with van der Waals surface area (Å²) in [5.41, 5.74) is 1.01. The Morgan fingerprint density at radius 1 is 1.29 bits per heavy atom. The van der Waals surface area contributed by atoms with Gasteiger partial charge in [0.2, 0.25) is 5.91 Å². The molecular formula is C21H33N3O3S. The molecule has 2 unspecified atom stereocenters. The number of rotatable bonds is 8. The fraction of sp³-hybridized carbons (Fsp3) is 0.619. The molecule has 1 aromatic carbocycles. The Morgan fingerprint density at radius 3 is 2.64 bits per heavy atom. The zero-order chi connectivity index (χ0) is 20.7. The van der Waals surface area contributed by atoms with E-state index in [2.05, 4.69) is 36.3 Å². The normalized spacial score (nSPS) is 18.9. The largest absolute Gasteiger partial charge is 0.497 e. The van der Waals surface area contributed by atoms with Gasteiger partial charge in [0, 0.05) is 43.2 Å². The van der Waals surface area contributed by atoms with Crippen molar-refractivity contribution in [3.63, 3.8) is 0 Å². The number of hydrogen-bond donors (Lipinski definition) is 2. The van der Waals surface area contributed by atoms with E-state index in [1.165, 1.54) is 0 Å². The minimum atomic E-state index is -0.189. The molecule has 156 valence electrons. The van der Waals surface area contributed by atoms with Gasteiger partial charge in [-0.1, -0.05) is 19.4 Å². The molecule has 0 bridgehead atoms. The van der Waals surface area contributed by atoms with Gasteiger partial charge in [0.25, 0.3) is 0 Å². The molecule has 1 heterocycles. The molecule has 28 heavy (non-hydrogen) atoms. The standard InChI is InChI=1S/C21H33N3O3S/c1-6-7-10-22-20(25)18-13-24(21(28)23-14(2)3)12-17(18)16-9-8-15(26-4)11-19(16)27-5/h8-9,11,14,17-18H,6-7,10,12-13H2,1-5H3,(H,22,25)(H,23,28). The number of hydrogen-bond acceptors (Lipinski definition) is 4. The molecule has 2 N–H and O–H groups in total. The van der Waals surface area contributed by atoms with Crippen molar-refractivity contribution in [1.82, 2.24) is 15.5 Å². The summed E-state index contributed by atoms with van der Waals surface area (Å²) >= 11 is 5.57. The van der Waals surface area contributed by atoms with Crippen LogP contribution >= 0.6 is 12.2 Å². The molecule has 2 atom stereocenters. The van der Waals surface area contributed by atoms with Crippen molar-refractivity contribution in [3.8, 4) is 11.5 Å².